The Balaban J connectivity index is 2.14. The van der Waals surface area contributed by atoms with Gasteiger partial charge in [0.25, 0.3) is 5.91 Å². The summed E-state index contributed by atoms with van der Waals surface area (Å²) in [6, 6.07) is 8.16. The summed E-state index contributed by atoms with van der Waals surface area (Å²) in [4.78, 5) is 16.3. The van der Waals surface area contributed by atoms with Crippen molar-refractivity contribution < 1.29 is 4.79 Å². The monoisotopic (exact) mass is 297 g/mol. The number of pyridine rings is 1. The van der Waals surface area contributed by atoms with Crippen molar-refractivity contribution in [2.24, 2.45) is 0 Å². The second-order valence-electron chi connectivity index (χ2n) is 5.67. The zero-order chi connectivity index (χ0) is 16.1. The molecule has 4 nitrogen and oxygen atoms in total. The average molecular weight is 297 g/mol. The zero-order valence-electron chi connectivity index (χ0n) is 13.6. The van der Waals surface area contributed by atoms with E-state index < -0.39 is 0 Å². The molecule has 0 aliphatic rings. The van der Waals surface area contributed by atoms with Gasteiger partial charge in [-0.2, -0.15) is 0 Å². The van der Waals surface area contributed by atoms with Crippen molar-refractivity contribution in [1.29, 1.82) is 0 Å². The molecule has 0 aliphatic heterocycles. The van der Waals surface area contributed by atoms with Gasteiger partial charge in [0.1, 0.15) is 0 Å². The highest BCUT2D eigenvalue weighted by Gasteiger charge is 2.09. The lowest BCUT2D eigenvalue weighted by Crippen LogP contribution is -2.31. The summed E-state index contributed by atoms with van der Waals surface area (Å²) < 4.78 is 0. The summed E-state index contributed by atoms with van der Waals surface area (Å²) in [7, 11) is 0. The molecule has 0 bridgehead atoms. The second kappa shape index (κ2) is 7.07. The van der Waals surface area contributed by atoms with Gasteiger partial charge >= 0.3 is 0 Å². The average Bonchev–Trinajstić information content (AvgIpc) is 2.51. The third-order valence-electron chi connectivity index (χ3n) is 3.79. The van der Waals surface area contributed by atoms with Gasteiger partial charge in [0.2, 0.25) is 0 Å². The topological polar surface area (TPSA) is 54.0 Å². The summed E-state index contributed by atoms with van der Waals surface area (Å²) in [5, 5.41) is 6.24. The van der Waals surface area contributed by atoms with Crippen LogP contribution >= 0.6 is 0 Å². The van der Waals surface area contributed by atoms with Gasteiger partial charge in [0, 0.05) is 17.9 Å². The molecule has 0 fully saturated rings. The number of carbonyl (C=O) groups is 1. The van der Waals surface area contributed by atoms with E-state index >= 15 is 0 Å². The van der Waals surface area contributed by atoms with E-state index in [-0.39, 0.29) is 11.9 Å². The van der Waals surface area contributed by atoms with Gasteiger partial charge in [-0.15, -0.1) is 0 Å². The van der Waals surface area contributed by atoms with Gasteiger partial charge in [-0.05, 0) is 56.5 Å². The van der Waals surface area contributed by atoms with E-state index in [9.17, 15) is 4.79 Å². The quantitative estimate of drug-likeness (QED) is 0.878. The number of benzene rings is 1. The smallest absolute Gasteiger partial charge is 0.253 e. The zero-order valence-corrected chi connectivity index (χ0v) is 13.6. The Hall–Kier alpha value is -2.36. The molecule has 1 heterocycles. The van der Waals surface area contributed by atoms with Crippen LogP contribution in [0.3, 0.4) is 0 Å². The van der Waals surface area contributed by atoms with Crippen molar-refractivity contribution in [2.75, 3.05) is 5.32 Å². The number of rotatable bonds is 5. The van der Waals surface area contributed by atoms with Gasteiger partial charge in [-0.25, -0.2) is 0 Å². The first-order valence-corrected chi connectivity index (χ1v) is 7.59. The van der Waals surface area contributed by atoms with E-state index in [4.69, 9.17) is 0 Å². The molecule has 2 rings (SSSR count). The fourth-order valence-corrected chi connectivity index (χ4v) is 2.03. The second-order valence-corrected chi connectivity index (χ2v) is 5.67. The number of hydrogen-bond acceptors (Lipinski definition) is 3. The maximum atomic E-state index is 12.1. The van der Waals surface area contributed by atoms with Crippen LogP contribution in [0, 0.1) is 13.8 Å². The summed E-state index contributed by atoms with van der Waals surface area (Å²) in [6.45, 7) is 8.19. The SMILES string of the molecule is CCC(C)NC(=O)c1cncc(Nc2ccc(C)c(C)c2)c1. The van der Waals surface area contributed by atoms with Crippen molar-refractivity contribution in [2.45, 2.75) is 40.2 Å². The van der Waals surface area contributed by atoms with E-state index in [0.717, 1.165) is 17.8 Å². The molecular weight excluding hydrogens is 274 g/mol. The van der Waals surface area contributed by atoms with E-state index in [2.05, 4.69) is 41.6 Å². The molecular formula is C18H23N3O. The Labute approximate surface area is 132 Å². The van der Waals surface area contributed by atoms with Crippen LogP contribution in [0.25, 0.3) is 0 Å². The van der Waals surface area contributed by atoms with Crippen LogP contribution in [0.2, 0.25) is 0 Å². The number of nitrogens with zero attached hydrogens (tertiary/aromatic N) is 1. The molecule has 2 N–H and O–H groups in total. The number of carbonyl (C=O) groups excluding carboxylic acids is 1. The Kier molecular flexibility index (Phi) is 5.15. The maximum Gasteiger partial charge on any atom is 0.253 e. The number of amides is 1. The number of anilines is 2. The van der Waals surface area contributed by atoms with Crippen LogP contribution in [0.4, 0.5) is 11.4 Å². The van der Waals surface area contributed by atoms with Crippen molar-refractivity contribution in [3.05, 3.63) is 53.3 Å². The van der Waals surface area contributed by atoms with Crippen LogP contribution in [-0.2, 0) is 0 Å². The molecule has 0 aliphatic carbocycles. The minimum Gasteiger partial charge on any atom is -0.354 e. The van der Waals surface area contributed by atoms with Gasteiger partial charge in [-0.1, -0.05) is 13.0 Å². The molecule has 1 aromatic carbocycles. The number of nitrogens with one attached hydrogen (secondary N) is 2. The normalized spacial score (nSPS) is 11.8. The minimum atomic E-state index is -0.0920. The summed E-state index contributed by atoms with van der Waals surface area (Å²) in [5.41, 5.74) is 4.84. The molecule has 1 aromatic heterocycles. The molecule has 0 saturated carbocycles. The standard InChI is InChI=1S/C18H23N3O/c1-5-14(4)20-18(22)15-9-17(11-19-10-15)21-16-7-6-12(2)13(3)8-16/h6-11,14,21H,5H2,1-4H3,(H,20,22). The van der Waals surface area contributed by atoms with Crippen molar-refractivity contribution >= 4 is 17.3 Å². The fourth-order valence-electron chi connectivity index (χ4n) is 2.03. The van der Waals surface area contributed by atoms with E-state index in [1.54, 1.807) is 12.4 Å². The summed E-state index contributed by atoms with van der Waals surface area (Å²) in [6.07, 6.45) is 4.21. The first kappa shape index (κ1) is 16.0. The maximum absolute atomic E-state index is 12.1. The van der Waals surface area contributed by atoms with Crippen LogP contribution < -0.4 is 10.6 Å². The molecule has 22 heavy (non-hydrogen) atoms. The molecule has 1 unspecified atom stereocenters. The van der Waals surface area contributed by atoms with E-state index in [1.165, 1.54) is 11.1 Å². The lowest BCUT2D eigenvalue weighted by molar-refractivity contribution is 0.0939. The van der Waals surface area contributed by atoms with Gasteiger partial charge in [-0.3, -0.25) is 9.78 Å². The fraction of sp³-hybridized carbons (Fsp3) is 0.333. The molecule has 1 atom stereocenters. The minimum absolute atomic E-state index is 0.0920. The molecule has 116 valence electrons. The first-order valence-electron chi connectivity index (χ1n) is 7.59. The highest BCUT2D eigenvalue weighted by Crippen LogP contribution is 2.19. The lowest BCUT2D eigenvalue weighted by Gasteiger charge is -2.12. The summed E-state index contributed by atoms with van der Waals surface area (Å²) in [5.74, 6) is -0.0920. The molecule has 2 aromatic rings. The van der Waals surface area contributed by atoms with Crippen LogP contribution in [0.5, 0.6) is 0 Å². The van der Waals surface area contributed by atoms with E-state index in [0.29, 0.717) is 5.56 Å². The van der Waals surface area contributed by atoms with Crippen molar-refractivity contribution in [3.8, 4) is 0 Å². The Bertz CT molecular complexity index is 667. The third-order valence-corrected chi connectivity index (χ3v) is 3.79. The molecule has 1 amide bonds. The first-order chi connectivity index (χ1) is 10.5. The molecule has 4 heteroatoms. The molecule has 0 spiro atoms. The predicted molar refractivity (Wildman–Crippen MR) is 90.7 cm³/mol. The van der Waals surface area contributed by atoms with Gasteiger partial charge in [0.15, 0.2) is 0 Å². The number of aryl methyl sites for hydroxylation is 2. The van der Waals surface area contributed by atoms with Crippen molar-refractivity contribution in [3.63, 3.8) is 0 Å². The van der Waals surface area contributed by atoms with E-state index in [1.807, 2.05) is 26.0 Å². The Morgan fingerprint density at radius 3 is 2.59 bits per heavy atom. The number of hydrogen-bond donors (Lipinski definition) is 2. The van der Waals surface area contributed by atoms with Crippen LogP contribution in [0.15, 0.2) is 36.7 Å². The molecule has 0 saturated heterocycles. The lowest BCUT2D eigenvalue weighted by atomic mass is 10.1. The highest BCUT2D eigenvalue weighted by molar-refractivity contribution is 5.95. The third kappa shape index (κ3) is 4.07. The predicted octanol–water partition coefficient (Wildman–Crippen LogP) is 3.97. The summed E-state index contributed by atoms with van der Waals surface area (Å²) >= 11 is 0. The van der Waals surface area contributed by atoms with Gasteiger partial charge in [0.05, 0.1) is 17.4 Å². The molecule has 0 radical (unpaired) electrons. The van der Waals surface area contributed by atoms with Crippen LogP contribution in [0.1, 0.15) is 41.8 Å². The Morgan fingerprint density at radius 1 is 1.14 bits per heavy atom. The highest BCUT2D eigenvalue weighted by atomic mass is 16.1. The largest absolute Gasteiger partial charge is 0.354 e. The van der Waals surface area contributed by atoms with Crippen LogP contribution in [-0.4, -0.2) is 16.9 Å². The Morgan fingerprint density at radius 2 is 1.91 bits per heavy atom. The van der Waals surface area contributed by atoms with Crippen molar-refractivity contribution in [1.82, 2.24) is 10.3 Å². The van der Waals surface area contributed by atoms with Gasteiger partial charge < -0.3 is 10.6 Å². The number of aromatic nitrogens is 1.